The number of nitrogens with two attached hydrogens (primary N) is 1. The van der Waals surface area contributed by atoms with E-state index < -0.39 is 0 Å². The summed E-state index contributed by atoms with van der Waals surface area (Å²) in [5, 5.41) is 8.48. The van der Waals surface area contributed by atoms with Crippen molar-refractivity contribution in [3.8, 4) is 0 Å². The smallest absolute Gasteiger partial charge is 0.124 e. The summed E-state index contributed by atoms with van der Waals surface area (Å²) in [6.45, 7) is 1.96. The van der Waals surface area contributed by atoms with Crippen LogP contribution in [0.4, 0.5) is 0 Å². The molecule has 2 aromatic rings. The predicted molar refractivity (Wildman–Crippen MR) is 55.4 cm³/mol. The van der Waals surface area contributed by atoms with E-state index in [-0.39, 0.29) is 5.84 Å². The van der Waals surface area contributed by atoms with Crippen molar-refractivity contribution in [1.82, 2.24) is 4.37 Å². The molecule has 0 fully saturated rings. The number of nitrogens with one attached hydrogen (secondary N) is 1. The van der Waals surface area contributed by atoms with Crippen LogP contribution in [-0.2, 0) is 0 Å². The second-order valence-corrected chi connectivity index (χ2v) is 3.64. The lowest BCUT2D eigenvalue weighted by Crippen LogP contribution is -2.10. The SMILES string of the molecule is Cc1nsc2c(C(=N)N)cccc12. The van der Waals surface area contributed by atoms with E-state index in [0.717, 1.165) is 21.3 Å². The third-order valence-corrected chi connectivity index (χ3v) is 2.96. The van der Waals surface area contributed by atoms with E-state index in [0.29, 0.717) is 0 Å². The Bertz CT molecular complexity index is 473. The highest BCUT2D eigenvalue weighted by Crippen LogP contribution is 2.25. The summed E-state index contributed by atoms with van der Waals surface area (Å²) < 4.78 is 5.24. The third-order valence-electron chi connectivity index (χ3n) is 1.97. The molecule has 66 valence electrons. The quantitative estimate of drug-likeness (QED) is 0.534. The number of hydrogen-bond acceptors (Lipinski definition) is 3. The predicted octanol–water partition coefficient (Wildman–Crippen LogP) is 1.89. The number of fused-ring (bicyclic) bond motifs is 1. The molecule has 1 aromatic carbocycles. The molecular weight excluding hydrogens is 182 g/mol. The second kappa shape index (κ2) is 2.81. The number of aromatic nitrogens is 1. The Labute approximate surface area is 79.9 Å². The number of nitrogen functional groups attached to an aromatic ring is 1. The van der Waals surface area contributed by atoms with Gasteiger partial charge in [-0.3, -0.25) is 5.41 Å². The number of benzene rings is 1. The molecule has 3 nitrogen and oxygen atoms in total. The molecule has 0 saturated heterocycles. The van der Waals surface area contributed by atoms with Gasteiger partial charge in [-0.05, 0) is 24.5 Å². The van der Waals surface area contributed by atoms with E-state index in [1.165, 1.54) is 11.5 Å². The van der Waals surface area contributed by atoms with Gasteiger partial charge in [-0.2, -0.15) is 4.37 Å². The minimum Gasteiger partial charge on any atom is -0.384 e. The van der Waals surface area contributed by atoms with E-state index in [1.807, 2.05) is 25.1 Å². The van der Waals surface area contributed by atoms with Crippen LogP contribution in [0.1, 0.15) is 11.3 Å². The zero-order chi connectivity index (χ0) is 9.42. The molecule has 0 amide bonds. The maximum Gasteiger partial charge on any atom is 0.124 e. The van der Waals surface area contributed by atoms with Crippen LogP contribution in [0.25, 0.3) is 10.1 Å². The topological polar surface area (TPSA) is 62.8 Å². The fourth-order valence-corrected chi connectivity index (χ4v) is 2.21. The molecule has 0 radical (unpaired) electrons. The van der Waals surface area contributed by atoms with Crippen molar-refractivity contribution in [2.75, 3.05) is 0 Å². The van der Waals surface area contributed by atoms with Crippen molar-refractivity contribution in [2.24, 2.45) is 5.73 Å². The summed E-state index contributed by atoms with van der Waals surface area (Å²) >= 11 is 1.40. The van der Waals surface area contributed by atoms with Gasteiger partial charge in [0.2, 0.25) is 0 Å². The summed E-state index contributed by atoms with van der Waals surface area (Å²) in [6, 6.07) is 5.75. The Morgan fingerprint density at radius 2 is 2.31 bits per heavy atom. The van der Waals surface area contributed by atoms with Crippen LogP contribution in [0.3, 0.4) is 0 Å². The molecule has 1 heterocycles. The Hall–Kier alpha value is -1.42. The van der Waals surface area contributed by atoms with Crippen molar-refractivity contribution in [2.45, 2.75) is 6.92 Å². The minimum atomic E-state index is 0.106. The summed E-state index contributed by atoms with van der Waals surface area (Å²) in [5.74, 6) is 0.106. The average Bonchev–Trinajstić information content (AvgIpc) is 2.48. The van der Waals surface area contributed by atoms with E-state index in [9.17, 15) is 0 Å². The van der Waals surface area contributed by atoms with E-state index in [4.69, 9.17) is 11.1 Å². The van der Waals surface area contributed by atoms with Gasteiger partial charge in [-0.15, -0.1) is 0 Å². The molecule has 0 bridgehead atoms. The standard InChI is InChI=1S/C9H9N3S/c1-5-6-3-2-4-7(9(10)11)8(6)13-12-5/h2-4H,1H3,(H3,10,11). The number of hydrogen-bond donors (Lipinski definition) is 2. The number of rotatable bonds is 1. The molecule has 2 rings (SSSR count). The maximum absolute atomic E-state index is 7.38. The van der Waals surface area contributed by atoms with Crippen LogP contribution in [0.15, 0.2) is 18.2 Å². The van der Waals surface area contributed by atoms with E-state index >= 15 is 0 Å². The van der Waals surface area contributed by atoms with Gasteiger partial charge in [0.25, 0.3) is 0 Å². The van der Waals surface area contributed by atoms with Crippen LogP contribution in [-0.4, -0.2) is 10.2 Å². The van der Waals surface area contributed by atoms with Crippen LogP contribution >= 0.6 is 11.5 Å². The first-order chi connectivity index (χ1) is 6.20. The highest BCUT2D eigenvalue weighted by Gasteiger charge is 2.07. The van der Waals surface area contributed by atoms with Crippen molar-refractivity contribution in [3.63, 3.8) is 0 Å². The van der Waals surface area contributed by atoms with Gasteiger partial charge in [-0.1, -0.05) is 12.1 Å². The Morgan fingerprint density at radius 3 is 3.00 bits per heavy atom. The van der Waals surface area contributed by atoms with Gasteiger partial charge in [-0.25, -0.2) is 0 Å². The van der Waals surface area contributed by atoms with Gasteiger partial charge in [0.05, 0.1) is 10.4 Å². The molecule has 0 spiro atoms. The monoisotopic (exact) mass is 191 g/mol. The van der Waals surface area contributed by atoms with Gasteiger partial charge >= 0.3 is 0 Å². The first kappa shape index (κ1) is 8.19. The molecule has 0 unspecified atom stereocenters. The highest BCUT2D eigenvalue weighted by molar-refractivity contribution is 7.13. The second-order valence-electron chi connectivity index (χ2n) is 2.86. The molecule has 3 N–H and O–H groups in total. The number of nitrogens with zero attached hydrogens (tertiary/aromatic N) is 1. The van der Waals surface area contributed by atoms with Crippen molar-refractivity contribution in [3.05, 3.63) is 29.5 Å². The van der Waals surface area contributed by atoms with Gasteiger partial charge < -0.3 is 5.73 Å². The molecule has 1 aromatic heterocycles. The van der Waals surface area contributed by atoms with Gasteiger partial charge in [0.1, 0.15) is 5.84 Å². The number of amidine groups is 1. The summed E-state index contributed by atoms with van der Waals surface area (Å²) in [5.41, 5.74) is 7.23. The van der Waals surface area contributed by atoms with Gasteiger partial charge in [0.15, 0.2) is 0 Å². The first-order valence-corrected chi connectivity index (χ1v) is 4.67. The fraction of sp³-hybridized carbons (Fsp3) is 0.111. The first-order valence-electron chi connectivity index (χ1n) is 3.89. The maximum atomic E-state index is 7.38. The van der Waals surface area contributed by atoms with Crippen LogP contribution < -0.4 is 5.73 Å². The fourth-order valence-electron chi connectivity index (χ4n) is 1.30. The molecule has 0 saturated carbocycles. The largest absolute Gasteiger partial charge is 0.384 e. The Balaban J connectivity index is 2.84. The summed E-state index contributed by atoms with van der Waals surface area (Å²) in [7, 11) is 0. The molecule has 13 heavy (non-hydrogen) atoms. The zero-order valence-corrected chi connectivity index (χ0v) is 7.98. The molecule has 4 heteroatoms. The third kappa shape index (κ3) is 1.19. The van der Waals surface area contributed by atoms with E-state index in [2.05, 4.69) is 4.37 Å². The van der Waals surface area contributed by atoms with Crippen molar-refractivity contribution in [1.29, 1.82) is 5.41 Å². The zero-order valence-electron chi connectivity index (χ0n) is 7.16. The average molecular weight is 191 g/mol. The molecule has 0 aliphatic heterocycles. The van der Waals surface area contributed by atoms with E-state index in [1.54, 1.807) is 0 Å². The summed E-state index contributed by atoms with van der Waals surface area (Å²) in [6.07, 6.45) is 0. The Kier molecular flexibility index (Phi) is 1.77. The normalized spacial score (nSPS) is 10.5. The van der Waals surface area contributed by atoms with Crippen LogP contribution in [0.2, 0.25) is 0 Å². The molecule has 0 aliphatic carbocycles. The van der Waals surface area contributed by atoms with Crippen molar-refractivity contribution < 1.29 is 0 Å². The lowest BCUT2D eigenvalue weighted by Gasteiger charge is -1.98. The molecule has 0 atom stereocenters. The highest BCUT2D eigenvalue weighted by atomic mass is 32.1. The van der Waals surface area contributed by atoms with Crippen molar-refractivity contribution >= 4 is 27.5 Å². The Morgan fingerprint density at radius 1 is 1.54 bits per heavy atom. The molecule has 0 aliphatic rings. The lowest BCUT2D eigenvalue weighted by molar-refractivity contribution is 1.37. The minimum absolute atomic E-state index is 0.106. The number of aryl methyl sites for hydroxylation is 1. The van der Waals surface area contributed by atoms with Crippen LogP contribution in [0.5, 0.6) is 0 Å². The van der Waals surface area contributed by atoms with Crippen LogP contribution in [0, 0.1) is 12.3 Å². The lowest BCUT2D eigenvalue weighted by atomic mass is 10.1. The summed E-state index contributed by atoms with van der Waals surface area (Å²) in [4.78, 5) is 0. The molecular formula is C9H9N3S. The van der Waals surface area contributed by atoms with Gasteiger partial charge in [0, 0.05) is 10.9 Å².